The van der Waals surface area contributed by atoms with E-state index in [1.165, 1.54) is 14.2 Å². The van der Waals surface area contributed by atoms with Crippen LogP contribution in [0.5, 0.6) is 0 Å². The molecule has 1 aliphatic rings. The van der Waals surface area contributed by atoms with Crippen molar-refractivity contribution >= 4 is 0 Å². The van der Waals surface area contributed by atoms with Gasteiger partial charge in [-0.1, -0.05) is 0 Å². The van der Waals surface area contributed by atoms with Gasteiger partial charge in [0.15, 0.2) is 6.29 Å². The Morgan fingerprint density at radius 2 is 1.60 bits per heavy atom. The van der Waals surface area contributed by atoms with E-state index in [0.717, 1.165) is 0 Å². The van der Waals surface area contributed by atoms with E-state index in [-0.39, 0.29) is 13.2 Å². The lowest BCUT2D eigenvalue weighted by atomic mass is 9.90. The summed E-state index contributed by atoms with van der Waals surface area (Å²) in [6, 6.07) is 0. The topological polar surface area (TPSA) is 88.4 Å². The number of rotatable bonds is 4. The van der Waals surface area contributed by atoms with Crippen LogP contribution in [0.1, 0.15) is 0 Å². The first-order chi connectivity index (χ1) is 7.11. The lowest BCUT2D eigenvalue weighted by molar-refractivity contribution is -0.279. The average molecular weight is 222 g/mol. The minimum absolute atomic E-state index is 0.231. The van der Waals surface area contributed by atoms with E-state index in [1.807, 2.05) is 0 Å². The van der Waals surface area contributed by atoms with E-state index < -0.39 is 30.5 Å². The quantitative estimate of drug-likeness (QED) is 0.527. The molecular formula is C9H18O6. The van der Waals surface area contributed by atoms with Gasteiger partial charge in [0, 0.05) is 20.1 Å². The fourth-order valence-electron chi connectivity index (χ4n) is 1.73. The Hall–Kier alpha value is -0.240. The Morgan fingerprint density at radius 3 is 2.13 bits per heavy atom. The van der Waals surface area contributed by atoms with Gasteiger partial charge in [0.25, 0.3) is 0 Å². The van der Waals surface area contributed by atoms with E-state index in [9.17, 15) is 15.3 Å². The van der Waals surface area contributed by atoms with Crippen molar-refractivity contribution in [1.29, 1.82) is 0 Å². The van der Waals surface area contributed by atoms with Crippen molar-refractivity contribution in [2.75, 3.05) is 27.4 Å². The molecule has 0 aliphatic carbocycles. The van der Waals surface area contributed by atoms with E-state index in [4.69, 9.17) is 14.2 Å². The van der Waals surface area contributed by atoms with Crippen LogP contribution in [0.15, 0.2) is 0 Å². The molecule has 0 aromatic heterocycles. The molecule has 1 saturated heterocycles. The Kier molecular flexibility index (Phi) is 4.91. The van der Waals surface area contributed by atoms with Gasteiger partial charge >= 0.3 is 0 Å². The number of hydrogen-bond donors (Lipinski definition) is 3. The molecule has 0 aromatic carbocycles. The van der Waals surface area contributed by atoms with Gasteiger partial charge < -0.3 is 29.5 Å². The summed E-state index contributed by atoms with van der Waals surface area (Å²) in [7, 11) is 2.99. The fraction of sp³-hybridized carbons (Fsp3) is 1.00. The van der Waals surface area contributed by atoms with Crippen LogP contribution in [-0.2, 0) is 14.2 Å². The third kappa shape index (κ3) is 2.87. The Labute approximate surface area is 88.4 Å². The first kappa shape index (κ1) is 12.8. The molecule has 15 heavy (non-hydrogen) atoms. The Balaban J connectivity index is 2.67. The Bertz CT molecular complexity index is 187. The molecule has 1 rings (SSSR count). The number of aliphatic hydroxyl groups is 3. The standard InChI is InChI=1S/C9H18O6/c1-13-3-5-6(4-14-2)15-9(12)8(11)7(5)10/h5-12H,3-4H2,1-2H3/t5-,6-,7+,8-,9+/m1/s1. The number of hydrogen-bond acceptors (Lipinski definition) is 6. The number of aliphatic hydroxyl groups excluding tert-OH is 3. The summed E-state index contributed by atoms with van der Waals surface area (Å²) in [5.41, 5.74) is 0. The highest BCUT2D eigenvalue weighted by Crippen LogP contribution is 2.25. The van der Waals surface area contributed by atoms with Crippen LogP contribution in [0, 0.1) is 5.92 Å². The largest absolute Gasteiger partial charge is 0.390 e. The van der Waals surface area contributed by atoms with E-state index in [1.54, 1.807) is 0 Å². The smallest absolute Gasteiger partial charge is 0.183 e. The third-order valence-corrected chi connectivity index (χ3v) is 2.56. The maximum atomic E-state index is 9.71. The van der Waals surface area contributed by atoms with Crippen molar-refractivity contribution in [3.05, 3.63) is 0 Å². The molecule has 5 atom stereocenters. The predicted molar refractivity (Wildman–Crippen MR) is 50.1 cm³/mol. The van der Waals surface area contributed by atoms with E-state index in [2.05, 4.69) is 0 Å². The molecule has 6 nitrogen and oxygen atoms in total. The Morgan fingerprint density at radius 1 is 1.00 bits per heavy atom. The van der Waals surface area contributed by atoms with E-state index in [0.29, 0.717) is 0 Å². The van der Waals surface area contributed by atoms with Gasteiger partial charge in [-0.2, -0.15) is 0 Å². The third-order valence-electron chi connectivity index (χ3n) is 2.56. The zero-order valence-electron chi connectivity index (χ0n) is 8.87. The summed E-state index contributed by atoms with van der Waals surface area (Å²) < 4.78 is 14.9. The number of ether oxygens (including phenoxy) is 3. The SMILES string of the molecule is COC[C@H]1[C@H](O)[C@@H](O)[C@@H](O)O[C@@H]1COC. The van der Waals surface area contributed by atoms with Gasteiger partial charge in [-0.3, -0.25) is 0 Å². The minimum atomic E-state index is -1.38. The van der Waals surface area contributed by atoms with Crippen molar-refractivity contribution in [2.45, 2.75) is 24.6 Å². The zero-order chi connectivity index (χ0) is 11.4. The van der Waals surface area contributed by atoms with Crippen molar-refractivity contribution in [3.63, 3.8) is 0 Å². The number of methoxy groups -OCH3 is 2. The molecule has 0 unspecified atom stereocenters. The summed E-state index contributed by atoms with van der Waals surface area (Å²) in [4.78, 5) is 0. The fourth-order valence-corrected chi connectivity index (χ4v) is 1.73. The molecular weight excluding hydrogens is 204 g/mol. The van der Waals surface area contributed by atoms with Gasteiger partial charge in [0.2, 0.25) is 0 Å². The van der Waals surface area contributed by atoms with Crippen LogP contribution in [-0.4, -0.2) is 67.4 Å². The van der Waals surface area contributed by atoms with Crippen molar-refractivity contribution in [2.24, 2.45) is 5.92 Å². The zero-order valence-corrected chi connectivity index (χ0v) is 8.87. The molecule has 6 heteroatoms. The normalized spacial score (nSPS) is 41.8. The van der Waals surface area contributed by atoms with Gasteiger partial charge in [-0.15, -0.1) is 0 Å². The van der Waals surface area contributed by atoms with Crippen LogP contribution in [0.3, 0.4) is 0 Å². The maximum Gasteiger partial charge on any atom is 0.183 e. The first-order valence-electron chi connectivity index (χ1n) is 4.79. The van der Waals surface area contributed by atoms with E-state index >= 15 is 0 Å². The monoisotopic (exact) mass is 222 g/mol. The van der Waals surface area contributed by atoms with Gasteiger partial charge in [-0.05, 0) is 0 Å². The van der Waals surface area contributed by atoms with Crippen LogP contribution in [0.25, 0.3) is 0 Å². The molecule has 1 aliphatic heterocycles. The first-order valence-corrected chi connectivity index (χ1v) is 4.79. The molecule has 0 aromatic rings. The second-order valence-corrected chi connectivity index (χ2v) is 3.62. The lowest BCUT2D eigenvalue weighted by Crippen LogP contribution is -2.56. The molecule has 1 fully saturated rings. The summed E-state index contributed by atoms with van der Waals surface area (Å²) in [5, 5.41) is 28.4. The highest BCUT2D eigenvalue weighted by molar-refractivity contribution is 4.88. The average Bonchev–Trinajstić information content (AvgIpc) is 2.21. The van der Waals surface area contributed by atoms with Crippen LogP contribution in [0.2, 0.25) is 0 Å². The molecule has 1 heterocycles. The van der Waals surface area contributed by atoms with Crippen LogP contribution in [0.4, 0.5) is 0 Å². The summed E-state index contributed by atoms with van der Waals surface area (Å²) in [6.07, 6.45) is -4.25. The molecule has 3 N–H and O–H groups in total. The molecule has 0 spiro atoms. The molecule has 90 valence electrons. The summed E-state index contributed by atoms with van der Waals surface area (Å²) >= 11 is 0. The highest BCUT2D eigenvalue weighted by Gasteiger charge is 2.43. The van der Waals surface area contributed by atoms with Gasteiger partial charge in [-0.25, -0.2) is 0 Å². The summed E-state index contributed by atoms with van der Waals surface area (Å²) in [5.74, 6) is -0.409. The molecule has 0 radical (unpaired) electrons. The summed E-state index contributed by atoms with van der Waals surface area (Å²) in [6.45, 7) is 0.466. The van der Waals surface area contributed by atoms with Gasteiger partial charge in [0.05, 0.1) is 25.4 Å². The van der Waals surface area contributed by atoms with Crippen LogP contribution < -0.4 is 0 Å². The maximum absolute atomic E-state index is 9.71. The minimum Gasteiger partial charge on any atom is -0.390 e. The second kappa shape index (κ2) is 5.74. The molecule has 0 bridgehead atoms. The van der Waals surface area contributed by atoms with Crippen molar-refractivity contribution in [3.8, 4) is 0 Å². The highest BCUT2D eigenvalue weighted by atomic mass is 16.6. The molecule has 0 amide bonds. The predicted octanol–water partition coefficient (Wildman–Crippen LogP) is -1.67. The van der Waals surface area contributed by atoms with Crippen molar-refractivity contribution in [1.82, 2.24) is 0 Å². The lowest BCUT2D eigenvalue weighted by Gasteiger charge is -2.40. The van der Waals surface area contributed by atoms with Crippen LogP contribution >= 0.6 is 0 Å². The van der Waals surface area contributed by atoms with Gasteiger partial charge in [0.1, 0.15) is 6.10 Å². The van der Waals surface area contributed by atoms with Crippen molar-refractivity contribution < 1.29 is 29.5 Å². The molecule has 0 saturated carbocycles. The second-order valence-electron chi connectivity index (χ2n) is 3.62.